The molecule has 0 saturated heterocycles. The molecule has 0 amide bonds. The van der Waals surface area contributed by atoms with Gasteiger partial charge in [-0.3, -0.25) is 0 Å². The van der Waals surface area contributed by atoms with E-state index in [4.69, 9.17) is 4.42 Å². The van der Waals surface area contributed by atoms with Crippen LogP contribution in [0, 0.1) is 0 Å². The Bertz CT molecular complexity index is 3490. The summed E-state index contributed by atoms with van der Waals surface area (Å²) in [5.41, 5.74) is 17.7. The second-order valence-electron chi connectivity index (χ2n) is 16.1. The van der Waals surface area contributed by atoms with Gasteiger partial charge in [0.05, 0.1) is 11.0 Å². The smallest absolute Gasteiger partial charge is 0.143 e. The fraction of sp³-hybridized carbons (Fsp3) is 0. The third-order valence-corrected chi connectivity index (χ3v) is 12.4. The molecule has 63 heavy (non-hydrogen) atoms. The first-order valence-corrected chi connectivity index (χ1v) is 21.5. The van der Waals surface area contributed by atoms with E-state index in [1.165, 1.54) is 49.6 Å². The van der Waals surface area contributed by atoms with E-state index in [9.17, 15) is 0 Å². The van der Waals surface area contributed by atoms with Gasteiger partial charge < -0.3 is 13.9 Å². The van der Waals surface area contributed by atoms with Gasteiger partial charge in [0.25, 0.3) is 0 Å². The summed E-state index contributed by atoms with van der Waals surface area (Å²) in [4.78, 5) is 2.34. The Hall–Kier alpha value is -8.40. The summed E-state index contributed by atoms with van der Waals surface area (Å²) < 4.78 is 9.13. The number of hydrogen-bond donors (Lipinski definition) is 0. The molecule has 0 radical (unpaired) electrons. The van der Waals surface area contributed by atoms with Crippen molar-refractivity contribution in [3.05, 3.63) is 243 Å². The maximum absolute atomic E-state index is 6.75. The molecule has 3 heteroatoms. The highest BCUT2D eigenvalue weighted by molar-refractivity contribution is 6.18. The number of rotatable bonds is 8. The van der Waals surface area contributed by atoms with Crippen LogP contribution in [0.15, 0.2) is 247 Å². The molecule has 296 valence electrons. The molecule has 0 fully saturated rings. The number of furan rings is 1. The Kier molecular flexibility index (Phi) is 8.83. The van der Waals surface area contributed by atoms with Gasteiger partial charge in [0, 0.05) is 49.9 Å². The first-order valence-electron chi connectivity index (χ1n) is 21.5. The van der Waals surface area contributed by atoms with Gasteiger partial charge in [-0.2, -0.15) is 0 Å². The van der Waals surface area contributed by atoms with Crippen LogP contribution in [0.1, 0.15) is 0 Å². The van der Waals surface area contributed by atoms with E-state index in [-0.39, 0.29) is 0 Å². The molecule has 0 aliphatic heterocycles. The van der Waals surface area contributed by atoms with Gasteiger partial charge in [-0.25, -0.2) is 0 Å². The zero-order chi connectivity index (χ0) is 41.7. The fourth-order valence-electron chi connectivity index (χ4n) is 9.42. The van der Waals surface area contributed by atoms with Crippen molar-refractivity contribution in [2.45, 2.75) is 0 Å². The SMILES string of the molecule is c1ccc(-c2ccc(N(c3ccc(-c4ccccc4)cc3)c3ccc(-c4cc(-c5cccc6c5c5ccccc5n6-c5ccccc5)cc5c4oc4ccccc45)cc3)cc2)cc1. The second-order valence-corrected chi connectivity index (χ2v) is 16.1. The van der Waals surface area contributed by atoms with Crippen molar-refractivity contribution in [1.82, 2.24) is 4.57 Å². The van der Waals surface area contributed by atoms with E-state index in [2.05, 4.69) is 246 Å². The Morgan fingerprint density at radius 3 is 1.43 bits per heavy atom. The summed E-state index contributed by atoms with van der Waals surface area (Å²) in [6, 6.07) is 87.0. The van der Waals surface area contributed by atoms with Crippen LogP contribution in [0.25, 0.3) is 93.9 Å². The molecule has 0 unspecified atom stereocenters. The molecule has 2 aromatic heterocycles. The summed E-state index contributed by atoms with van der Waals surface area (Å²) in [6.07, 6.45) is 0. The van der Waals surface area contributed by atoms with Gasteiger partial charge in [0.1, 0.15) is 11.2 Å². The van der Waals surface area contributed by atoms with E-state index in [1.807, 2.05) is 6.07 Å². The Morgan fingerprint density at radius 2 is 0.810 bits per heavy atom. The van der Waals surface area contributed by atoms with Crippen molar-refractivity contribution >= 4 is 60.8 Å². The number of hydrogen-bond acceptors (Lipinski definition) is 2. The first kappa shape index (κ1) is 36.5. The third-order valence-electron chi connectivity index (χ3n) is 12.4. The molecule has 12 aromatic rings. The lowest BCUT2D eigenvalue weighted by Gasteiger charge is -2.26. The Morgan fingerprint density at radius 1 is 0.317 bits per heavy atom. The quantitative estimate of drug-likeness (QED) is 0.153. The van der Waals surface area contributed by atoms with Crippen LogP contribution in [0.5, 0.6) is 0 Å². The summed E-state index contributed by atoms with van der Waals surface area (Å²) >= 11 is 0. The van der Waals surface area contributed by atoms with Gasteiger partial charge in [-0.1, -0.05) is 164 Å². The van der Waals surface area contributed by atoms with Gasteiger partial charge in [-0.15, -0.1) is 0 Å². The molecule has 0 bridgehead atoms. The highest BCUT2D eigenvalue weighted by Crippen LogP contribution is 2.45. The monoisotopic (exact) mass is 804 g/mol. The third kappa shape index (κ3) is 6.38. The maximum Gasteiger partial charge on any atom is 0.143 e. The van der Waals surface area contributed by atoms with Crippen LogP contribution in [0.2, 0.25) is 0 Å². The molecule has 10 aromatic carbocycles. The van der Waals surface area contributed by atoms with Gasteiger partial charge in [0.2, 0.25) is 0 Å². The topological polar surface area (TPSA) is 21.3 Å². The highest BCUT2D eigenvalue weighted by Gasteiger charge is 2.21. The van der Waals surface area contributed by atoms with Crippen LogP contribution in [0.4, 0.5) is 17.1 Å². The molecule has 3 nitrogen and oxygen atoms in total. The summed E-state index contributed by atoms with van der Waals surface area (Å²) in [5.74, 6) is 0. The lowest BCUT2D eigenvalue weighted by Crippen LogP contribution is -2.09. The van der Waals surface area contributed by atoms with Gasteiger partial charge >= 0.3 is 0 Å². The second kappa shape index (κ2) is 15.3. The minimum atomic E-state index is 0.880. The zero-order valence-corrected chi connectivity index (χ0v) is 34.4. The number of aromatic nitrogens is 1. The Balaban J connectivity index is 1.01. The molecule has 0 aliphatic rings. The average Bonchev–Trinajstić information content (AvgIpc) is 3.91. The van der Waals surface area contributed by atoms with Crippen LogP contribution in [0.3, 0.4) is 0 Å². The van der Waals surface area contributed by atoms with Gasteiger partial charge in [0.15, 0.2) is 0 Å². The molecule has 0 aliphatic carbocycles. The molecular formula is C60H40N2O. The van der Waals surface area contributed by atoms with Crippen LogP contribution >= 0.6 is 0 Å². The Labute approximate surface area is 366 Å². The van der Waals surface area contributed by atoms with E-state index in [0.717, 1.165) is 61.4 Å². The minimum absolute atomic E-state index is 0.880. The summed E-state index contributed by atoms with van der Waals surface area (Å²) in [7, 11) is 0. The number of nitrogens with zero attached hydrogens (tertiary/aromatic N) is 2. The maximum atomic E-state index is 6.75. The van der Waals surface area contributed by atoms with E-state index in [1.54, 1.807) is 0 Å². The number of anilines is 3. The molecule has 0 spiro atoms. The van der Waals surface area contributed by atoms with E-state index in [0.29, 0.717) is 0 Å². The molecular weight excluding hydrogens is 765 g/mol. The van der Waals surface area contributed by atoms with Crippen LogP contribution < -0.4 is 4.90 Å². The number of fused-ring (bicyclic) bond motifs is 6. The lowest BCUT2D eigenvalue weighted by molar-refractivity contribution is 0.670. The highest BCUT2D eigenvalue weighted by atomic mass is 16.3. The standard InChI is InChI=1S/C60H40N2O/c1-4-15-41(16-5-1)43-27-33-48(34-28-43)61(49-35-29-44(30-36-49)42-17-6-2-7-18-42)50-37-31-45(32-38-50)54-39-46(40-55-52-21-11-13-26-58(52)63-60(54)55)51-23-14-25-57-59(51)53-22-10-12-24-56(53)62(57)47-19-8-3-9-20-47/h1-40H. The van der Waals surface area contributed by atoms with Crippen molar-refractivity contribution in [3.8, 4) is 50.2 Å². The molecule has 0 saturated carbocycles. The van der Waals surface area contributed by atoms with Crippen molar-refractivity contribution in [2.24, 2.45) is 0 Å². The number of benzene rings is 10. The summed E-state index contributed by atoms with van der Waals surface area (Å²) in [6.45, 7) is 0. The van der Waals surface area contributed by atoms with Crippen molar-refractivity contribution in [2.75, 3.05) is 4.90 Å². The molecule has 12 rings (SSSR count). The minimum Gasteiger partial charge on any atom is -0.455 e. The predicted octanol–water partition coefficient (Wildman–Crippen LogP) is 16.8. The fourth-order valence-corrected chi connectivity index (χ4v) is 9.42. The first-order chi connectivity index (χ1) is 31.2. The lowest BCUT2D eigenvalue weighted by atomic mass is 9.93. The molecule has 0 N–H and O–H groups in total. The summed E-state index contributed by atoms with van der Waals surface area (Å²) in [5, 5.41) is 4.67. The van der Waals surface area contributed by atoms with E-state index < -0.39 is 0 Å². The van der Waals surface area contributed by atoms with Gasteiger partial charge in [-0.05, 0) is 118 Å². The normalized spacial score (nSPS) is 11.5. The van der Waals surface area contributed by atoms with Crippen LogP contribution in [-0.4, -0.2) is 4.57 Å². The average molecular weight is 805 g/mol. The largest absolute Gasteiger partial charge is 0.455 e. The van der Waals surface area contributed by atoms with Crippen molar-refractivity contribution in [3.63, 3.8) is 0 Å². The molecule has 0 atom stereocenters. The predicted molar refractivity (Wildman–Crippen MR) is 264 cm³/mol. The number of para-hydroxylation sites is 3. The zero-order valence-electron chi connectivity index (χ0n) is 34.4. The molecule has 2 heterocycles. The van der Waals surface area contributed by atoms with Crippen LogP contribution in [-0.2, 0) is 0 Å². The van der Waals surface area contributed by atoms with Crippen molar-refractivity contribution < 1.29 is 4.42 Å². The van der Waals surface area contributed by atoms with E-state index >= 15 is 0 Å². The van der Waals surface area contributed by atoms with Crippen molar-refractivity contribution in [1.29, 1.82) is 0 Å².